The first-order valence-corrected chi connectivity index (χ1v) is 13.1. The third-order valence-corrected chi connectivity index (χ3v) is 7.13. The number of carbonyl (C=O) groups is 1. The second-order valence-electron chi connectivity index (χ2n) is 9.27. The van der Waals surface area contributed by atoms with E-state index in [1.807, 2.05) is 13.1 Å². The molecule has 4 aromatic heterocycles. The molecule has 4 aromatic rings. The number of hydrogen-bond donors (Lipinski definition) is 1. The van der Waals surface area contributed by atoms with Gasteiger partial charge in [-0.25, -0.2) is 19.9 Å². The third-order valence-electron chi connectivity index (χ3n) is 6.09. The van der Waals surface area contributed by atoms with Crippen molar-refractivity contribution in [3.05, 3.63) is 45.6 Å². The van der Waals surface area contributed by atoms with Gasteiger partial charge in [0.1, 0.15) is 27.6 Å². The minimum absolute atomic E-state index is 0.426. The lowest BCUT2D eigenvalue weighted by molar-refractivity contribution is 0.112. The Morgan fingerprint density at radius 1 is 1.29 bits per heavy atom. The fourth-order valence-corrected chi connectivity index (χ4v) is 5.28. The van der Waals surface area contributed by atoms with Gasteiger partial charge in [-0.1, -0.05) is 36.8 Å². The first-order valence-electron chi connectivity index (χ1n) is 11.9. The zero-order valence-corrected chi connectivity index (χ0v) is 22.1. The lowest BCUT2D eigenvalue weighted by atomic mass is 9.90. The van der Waals surface area contributed by atoms with Crippen LogP contribution in [-0.4, -0.2) is 43.9 Å². The molecule has 8 nitrogen and oxygen atoms in total. The molecule has 0 saturated heterocycles. The van der Waals surface area contributed by atoms with Crippen LogP contribution in [0, 0.1) is 12.8 Å². The van der Waals surface area contributed by atoms with Crippen molar-refractivity contribution >= 4 is 40.3 Å². The number of aromatic nitrogens is 5. The van der Waals surface area contributed by atoms with Crippen LogP contribution in [0.15, 0.2) is 29.1 Å². The highest BCUT2D eigenvalue weighted by Crippen LogP contribution is 2.34. The molecule has 0 radical (unpaired) electrons. The average Bonchev–Trinajstić information content (AvgIpc) is 3.56. The molecule has 0 amide bonds. The van der Waals surface area contributed by atoms with Gasteiger partial charge in [0.15, 0.2) is 11.3 Å². The fraction of sp³-hybridized carbons (Fsp3) is 0.480. The Morgan fingerprint density at radius 2 is 2.11 bits per heavy atom. The van der Waals surface area contributed by atoms with Gasteiger partial charge in [-0.15, -0.1) is 0 Å². The molecule has 1 aliphatic carbocycles. The maximum absolute atomic E-state index is 9.91. The van der Waals surface area contributed by atoms with Crippen LogP contribution in [0.2, 0.25) is 4.34 Å². The van der Waals surface area contributed by atoms with Crippen molar-refractivity contribution in [3.63, 3.8) is 0 Å². The number of aryl methyl sites for hydroxylation is 1. The molecule has 186 valence electrons. The minimum atomic E-state index is 0.426. The molecule has 35 heavy (non-hydrogen) atoms. The number of thiazole rings is 1. The zero-order valence-electron chi connectivity index (χ0n) is 20.5. The Morgan fingerprint density at radius 3 is 2.71 bits per heavy atom. The number of rotatable bonds is 6. The minimum Gasteiger partial charge on any atom is -0.443 e. The van der Waals surface area contributed by atoms with Crippen molar-refractivity contribution in [2.24, 2.45) is 5.92 Å². The van der Waals surface area contributed by atoms with Crippen molar-refractivity contribution in [1.29, 1.82) is 0 Å². The zero-order chi connectivity index (χ0) is 24.9. The Bertz CT molecular complexity index is 1280. The van der Waals surface area contributed by atoms with Crippen LogP contribution < -0.4 is 5.32 Å². The van der Waals surface area contributed by atoms with E-state index in [9.17, 15) is 4.79 Å². The van der Waals surface area contributed by atoms with E-state index in [4.69, 9.17) is 21.0 Å². The van der Waals surface area contributed by atoms with Gasteiger partial charge in [0.2, 0.25) is 5.89 Å². The van der Waals surface area contributed by atoms with E-state index in [0.717, 1.165) is 35.3 Å². The Kier molecular flexibility index (Phi) is 8.30. The largest absolute Gasteiger partial charge is 0.443 e. The highest BCUT2D eigenvalue weighted by molar-refractivity contribution is 7.17. The van der Waals surface area contributed by atoms with E-state index in [2.05, 4.69) is 51.8 Å². The van der Waals surface area contributed by atoms with E-state index >= 15 is 0 Å². The lowest BCUT2D eigenvalue weighted by Crippen LogP contribution is -2.33. The van der Waals surface area contributed by atoms with Gasteiger partial charge < -0.3 is 14.3 Å². The second kappa shape index (κ2) is 11.4. The first-order chi connectivity index (χ1) is 16.9. The van der Waals surface area contributed by atoms with E-state index in [-0.39, 0.29) is 0 Å². The van der Waals surface area contributed by atoms with Gasteiger partial charge in [0.25, 0.3) is 0 Å². The number of imidazole rings is 1. The van der Waals surface area contributed by atoms with E-state index in [1.165, 1.54) is 42.6 Å². The lowest BCUT2D eigenvalue weighted by Gasteiger charge is -2.31. The predicted molar refractivity (Wildman–Crippen MR) is 139 cm³/mol. The number of fused-ring (bicyclic) bond motifs is 1. The summed E-state index contributed by atoms with van der Waals surface area (Å²) in [5, 5.41) is 3.90. The van der Waals surface area contributed by atoms with Crippen molar-refractivity contribution in [1.82, 2.24) is 29.8 Å². The van der Waals surface area contributed by atoms with Gasteiger partial charge in [-0.3, -0.25) is 4.79 Å². The van der Waals surface area contributed by atoms with E-state index in [1.54, 1.807) is 6.26 Å². The summed E-state index contributed by atoms with van der Waals surface area (Å²) >= 11 is 6.61. The number of pyridine rings is 1. The Hall–Kier alpha value is -2.62. The summed E-state index contributed by atoms with van der Waals surface area (Å²) in [6, 6.07) is 3.14. The van der Waals surface area contributed by atoms with Crippen LogP contribution in [-0.2, 0) is 6.42 Å². The maximum Gasteiger partial charge on any atom is 0.245 e. The summed E-state index contributed by atoms with van der Waals surface area (Å²) < 4.78 is 8.60. The van der Waals surface area contributed by atoms with Crippen LogP contribution in [0.1, 0.15) is 66.9 Å². The fourth-order valence-electron chi connectivity index (χ4n) is 4.54. The van der Waals surface area contributed by atoms with Gasteiger partial charge in [0.05, 0.1) is 23.6 Å². The van der Waals surface area contributed by atoms with Gasteiger partial charge in [0, 0.05) is 18.5 Å². The van der Waals surface area contributed by atoms with Crippen molar-refractivity contribution in [2.75, 3.05) is 7.05 Å². The van der Waals surface area contributed by atoms with E-state index < -0.39 is 0 Å². The number of aldehydes is 1. The van der Waals surface area contributed by atoms with Crippen molar-refractivity contribution in [2.45, 2.75) is 65.0 Å². The summed E-state index contributed by atoms with van der Waals surface area (Å²) in [5.74, 6) is 2.31. The number of nitrogens with zero attached hydrogens (tertiary/aromatic N) is 5. The molecule has 0 bridgehead atoms. The van der Waals surface area contributed by atoms with Crippen LogP contribution in [0.3, 0.4) is 0 Å². The summed E-state index contributed by atoms with van der Waals surface area (Å²) in [6.07, 6.45) is 11.5. The first kappa shape index (κ1) is 25.5. The summed E-state index contributed by atoms with van der Waals surface area (Å²) in [6.45, 7) is 6.43. The summed E-state index contributed by atoms with van der Waals surface area (Å²) in [7, 11) is 2.07. The molecule has 1 fully saturated rings. The van der Waals surface area contributed by atoms with Gasteiger partial charge >= 0.3 is 0 Å². The molecule has 1 aliphatic rings. The number of halogens is 1. The molecule has 0 aliphatic heterocycles. The molecule has 0 aromatic carbocycles. The molecule has 2 atom stereocenters. The van der Waals surface area contributed by atoms with E-state index in [0.29, 0.717) is 39.5 Å². The monoisotopic (exact) mass is 514 g/mol. The highest BCUT2D eigenvalue weighted by Gasteiger charge is 2.26. The SMILES string of the molecule is CNC1CCCC(n2c(CC(C)C)nc3cnc(-c4nc(C)co4)cc32)C1.O=Cc1ncc(Cl)s1. The number of carbonyl (C=O) groups excluding carboxylic acids is 1. The molecule has 2 unspecified atom stereocenters. The predicted octanol–water partition coefficient (Wildman–Crippen LogP) is 5.91. The van der Waals surface area contributed by atoms with Crippen LogP contribution in [0.5, 0.6) is 0 Å². The molecular formula is C25H31ClN6O2S. The molecule has 0 spiro atoms. The molecule has 10 heteroatoms. The summed E-state index contributed by atoms with van der Waals surface area (Å²) in [5.41, 5.74) is 3.75. The second-order valence-corrected chi connectivity index (χ2v) is 11.0. The number of nitrogens with one attached hydrogen (secondary N) is 1. The molecule has 1 N–H and O–H groups in total. The van der Waals surface area contributed by atoms with Gasteiger partial charge in [-0.2, -0.15) is 0 Å². The molecule has 1 saturated carbocycles. The molecule has 4 heterocycles. The normalized spacial score (nSPS) is 18.0. The topological polar surface area (TPSA) is 98.7 Å². The smallest absolute Gasteiger partial charge is 0.245 e. The average molecular weight is 515 g/mol. The highest BCUT2D eigenvalue weighted by atomic mass is 35.5. The van der Waals surface area contributed by atoms with Crippen LogP contribution in [0.4, 0.5) is 0 Å². The third kappa shape index (κ3) is 6.15. The van der Waals surface area contributed by atoms with Crippen LogP contribution in [0.25, 0.3) is 22.6 Å². The Labute approximate surface area is 214 Å². The van der Waals surface area contributed by atoms with Crippen molar-refractivity contribution < 1.29 is 9.21 Å². The Balaban J connectivity index is 0.000000308. The van der Waals surface area contributed by atoms with Crippen molar-refractivity contribution in [3.8, 4) is 11.6 Å². The quantitative estimate of drug-likeness (QED) is 0.319. The standard InChI is InChI=1S/C21H29N5O.C4H2ClNOS/c1-13(2)8-20-25-18-11-23-17(21-24-14(3)12-27-21)10-19(18)26(20)16-7-5-6-15(9-16)22-4;5-3-1-6-4(2-7)8-3/h10-13,15-16,22H,5-9H2,1-4H3;1-2H. The maximum atomic E-state index is 9.91. The number of oxazole rings is 1. The van der Waals surface area contributed by atoms with Crippen LogP contribution >= 0.6 is 22.9 Å². The molecular weight excluding hydrogens is 484 g/mol. The summed E-state index contributed by atoms with van der Waals surface area (Å²) in [4.78, 5) is 27.5. The molecule has 5 rings (SSSR count). The number of hydrogen-bond acceptors (Lipinski definition) is 8. The van der Waals surface area contributed by atoms with Gasteiger partial charge in [-0.05, 0) is 51.6 Å².